The van der Waals surface area contributed by atoms with Crippen LogP contribution in [-0.4, -0.2) is 53.8 Å². The van der Waals surface area contributed by atoms with Gasteiger partial charge in [0.15, 0.2) is 0 Å². The molecule has 1 atom stereocenters. The van der Waals surface area contributed by atoms with Crippen molar-refractivity contribution in [3.63, 3.8) is 0 Å². The predicted octanol–water partition coefficient (Wildman–Crippen LogP) is 1.02. The molecule has 0 aliphatic carbocycles. The van der Waals surface area contributed by atoms with E-state index in [2.05, 4.69) is 0 Å². The summed E-state index contributed by atoms with van der Waals surface area (Å²) in [5.41, 5.74) is 7.17. The normalized spacial score (nSPS) is 18.1. The van der Waals surface area contributed by atoms with E-state index in [0.29, 0.717) is 13.1 Å². The van der Waals surface area contributed by atoms with Gasteiger partial charge in [0.25, 0.3) is 5.91 Å². The quantitative estimate of drug-likeness (QED) is 0.903. The van der Waals surface area contributed by atoms with E-state index >= 15 is 0 Å². The molecule has 2 rings (SSSR count). The minimum atomic E-state index is -0.312. The van der Waals surface area contributed by atoms with Crippen molar-refractivity contribution in [3.05, 3.63) is 35.4 Å². The number of nitrogens with zero attached hydrogens (tertiary/aromatic N) is 2. The molecule has 5 nitrogen and oxygen atoms in total. The van der Waals surface area contributed by atoms with Crippen LogP contribution in [0.4, 0.5) is 0 Å². The third-order valence-corrected chi connectivity index (χ3v) is 4.04. The minimum absolute atomic E-state index is 0.0623. The fourth-order valence-corrected chi connectivity index (χ4v) is 2.67. The minimum Gasteiger partial charge on any atom is -0.368 e. The van der Waals surface area contributed by atoms with Gasteiger partial charge in [0.2, 0.25) is 5.91 Å². The maximum absolute atomic E-state index is 12.5. The van der Waals surface area contributed by atoms with Crippen molar-refractivity contribution >= 4 is 11.8 Å². The van der Waals surface area contributed by atoms with Gasteiger partial charge in [-0.25, -0.2) is 0 Å². The fraction of sp³-hybridized carbons (Fsp3) is 0.500. The Bertz CT molecular complexity index is 530. The van der Waals surface area contributed by atoms with Gasteiger partial charge in [-0.1, -0.05) is 17.7 Å². The van der Waals surface area contributed by atoms with Crippen LogP contribution in [0.15, 0.2) is 24.3 Å². The van der Waals surface area contributed by atoms with Crippen LogP contribution in [0, 0.1) is 6.92 Å². The molecule has 0 aromatic heterocycles. The summed E-state index contributed by atoms with van der Waals surface area (Å²) in [7, 11) is 0. The van der Waals surface area contributed by atoms with Gasteiger partial charge in [-0.2, -0.15) is 0 Å². The third-order valence-electron chi connectivity index (χ3n) is 4.04. The molecule has 0 bridgehead atoms. The van der Waals surface area contributed by atoms with Crippen molar-refractivity contribution in [1.29, 1.82) is 0 Å². The molecule has 2 amide bonds. The lowest BCUT2D eigenvalue weighted by Gasteiger charge is -2.25. The van der Waals surface area contributed by atoms with Crippen LogP contribution in [-0.2, 0) is 4.79 Å². The summed E-state index contributed by atoms with van der Waals surface area (Å²) >= 11 is 0. The lowest BCUT2D eigenvalue weighted by molar-refractivity contribution is -0.122. The molecule has 1 fully saturated rings. The van der Waals surface area contributed by atoms with Crippen LogP contribution in [0.2, 0.25) is 0 Å². The summed E-state index contributed by atoms with van der Waals surface area (Å²) in [4.78, 5) is 27.7. The zero-order chi connectivity index (χ0) is 15.4. The van der Waals surface area contributed by atoms with Crippen molar-refractivity contribution in [2.75, 3.05) is 26.2 Å². The van der Waals surface area contributed by atoms with E-state index in [0.717, 1.165) is 30.6 Å². The number of carbonyl (C=O) groups excluding carboxylic acids is 2. The molecule has 1 aliphatic rings. The highest BCUT2D eigenvalue weighted by atomic mass is 16.2. The third kappa shape index (κ3) is 3.82. The molecule has 1 aromatic rings. The zero-order valence-electron chi connectivity index (χ0n) is 12.7. The largest absolute Gasteiger partial charge is 0.368 e. The van der Waals surface area contributed by atoms with Crippen molar-refractivity contribution in [2.45, 2.75) is 26.3 Å². The van der Waals surface area contributed by atoms with Gasteiger partial charge in [0, 0.05) is 31.7 Å². The highest BCUT2D eigenvalue weighted by Gasteiger charge is 2.24. The Labute approximate surface area is 125 Å². The monoisotopic (exact) mass is 289 g/mol. The van der Waals surface area contributed by atoms with Gasteiger partial charge in [0.1, 0.15) is 0 Å². The molecule has 1 aromatic carbocycles. The Morgan fingerprint density at radius 2 is 1.95 bits per heavy atom. The number of amides is 2. The molecular formula is C16H23N3O2. The molecule has 1 unspecified atom stereocenters. The van der Waals surface area contributed by atoms with E-state index < -0.39 is 0 Å². The maximum Gasteiger partial charge on any atom is 0.253 e. The van der Waals surface area contributed by atoms with Crippen molar-refractivity contribution < 1.29 is 9.59 Å². The molecule has 0 spiro atoms. The summed E-state index contributed by atoms with van der Waals surface area (Å²) < 4.78 is 0. The lowest BCUT2D eigenvalue weighted by Crippen LogP contribution is -2.44. The Morgan fingerprint density at radius 1 is 1.19 bits per heavy atom. The zero-order valence-corrected chi connectivity index (χ0v) is 12.7. The number of carbonyl (C=O) groups is 2. The van der Waals surface area contributed by atoms with Gasteiger partial charge >= 0.3 is 0 Å². The van der Waals surface area contributed by atoms with Gasteiger partial charge in [-0.05, 0) is 32.4 Å². The second kappa shape index (κ2) is 6.72. The highest BCUT2D eigenvalue weighted by molar-refractivity contribution is 5.94. The second-order valence-corrected chi connectivity index (χ2v) is 5.63. The molecule has 5 heteroatoms. The predicted molar refractivity (Wildman–Crippen MR) is 81.9 cm³/mol. The van der Waals surface area contributed by atoms with Gasteiger partial charge < -0.3 is 10.6 Å². The Balaban J connectivity index is 2.03. The molecule has 1 saturated heterocycles. The highest BCUT2D eigenvalue weighted by Crippen LogP contribution is 2.12. The standard InChI is InChI=1S/C16H23N3O2/c1-12-5-3-6-14(11-12)16(21)19-8-4-7-18(9-10-19)13(2)15(17)20/h3,5-6,11,13H,4,7-10H2,1-2H3,(H2,17,20). The first kappa shape index (κ1) is 15.5. The van der Waals surface area contributed by atoms with Crippen LogP contribution >= 0.6 is 0 Å². The number of hydrogen-bond acceptors (Lipinski definition) is 3. The van der Waals surface area contributed by atoms with E-state index in [-0.39, 0.29) is 17.9 Å². The summed E-state index contributed by atoms with van der Waals surface area (Å²) in [6, 6.07) is 7.37. The van der Waals surface area contributed by atoms with E-state index in [4.69, 9.17) is 5.73 Å². The SMILES string of the molecule is Cc1cccc(C(=O)N2CCCN(C(C)C(N)=O)CC2)c1. The van der Waals surface area contributed by atoms with Crippen molar-refractivity contribution in [3.8, 4) is 0 Å². The number of rotatable bonds is 3. The second-order valence-electron chi connectivity index (χ2n) is 5.63. The van der Waals surface area contributed by atoms with Gasteiger partial charge in [0.05, 0.1) is 6.04 Å². The van der Waals surface area contributed by atoms with Gasteiger partial charge in [-0.3, -0.25) is 14.5 Å². The number of hydrogen-bond donors (Lipinski definition) is 1. The molecular weight excluding hydrogens is 266 g/mol. The van der Waals surface area contributed by atoms with Gasteiger partial charge in [-0.15, -0.1) is 0 Å². The Kier molecular flexibility index (Phi) is 4.96. The number of benzene rings is 1. The van der Waals surface area contributed by atoms with Crippen LogP contribution < -0.4 is 5.73 Å². The Hall–Kier alpha value is -1.88. The molecule has 0 saturated carbocycles. The molecule has 21 heavy (non-hydrogen) atoms. The number of primary amides is 1. The van der Waals surface area contributed by atoms with Crippen LogP contribution in [0.25, 0.3) is 0 Å². The topological polar surface area (TPSA) is 66.6 Å². The first-order chi connectivity index (χ1) is 9.99. The summed E-state index contributed by atoms with van der Waals surface area (Å²) in [5, 5.41) is 0. The molecule has 0 radical (unpaired) electrons. The first-order valence-electron chi connectivity index (χ1n) is 7.38. The van der Waals surface area contributed by atoms with Crippen LogP contribution in [0.1, 0.15) is 29.3 Å². The van der Waals surface area contributed by atoms with Crippen LogP contribution in [0.3, 0.4) is 0 Å². The van der Waals surface area contributed by atoms with E-state index in [1.807, 2.05) is 47.9 Å². The fourth-order valence-electron chi connectivity index (χ4n) is 2.67. The molecule has 1 heterocycles. The number of nitrogens with two attached hydrogens (primary N) is 1. The smallest absolute Gasteiger partial charge is 0.253 e. The first-order valence-corrected chi connectivity index (χ1v) is 7.38. The maximum atomic E-state index is 12.5. The Morgan fingerprint density at radius 3 is 2.62 bits per heavy atom. The summed E-state index contributed by atoms with van der Waals surface area (Å²) in [6.07, 6.45) is 0.856. The van der Waals surface area contributed by atoms with E-state index in [1.165, 1.54) is 0 Å². The molecule has 2 N–H and O–H groups in total. The van der Waals surface area contributed by atoms with E-state index in [1.54, 1.807) is 0 Å². The summed E-state index contributed by atoms with van der Waals surface area (Å²) in [5.74, 6) is -0.249. The molecule has 114 valence electrons. The summed E-state index contributed by atoms with van der Waals surface area (Å²) in [6.45, 7) is 6.62. The lowest BCUT2D eigenvalue weighted by atomic mass is 10.1. The average molecular weight is 289 g/mol. The molecule has 1 aliphatic heterocycles. The average Bonchev–Trinajstić information content (AvgIpc) is 2.71. The van der Waals surface area contributed by atoms with Crippen molar-refractivity contribution in [1.82, 2.24) is 9.80 Å². The van der Waals surface area contributed by atoms with Crippen LogP contribution in [0.5, 0.6) is 0 Å². The number of aryl methyl sites for hydroxylation is 1. The van der Waals surface area contributed by atoms with Crippen molar-refractivity contribution in [2.24, 2.45) is 5.73 Å². The van der Waals surface area contributed by atoms with E-state index in [9.17, 15) is 9.59 Å².